The van der Waals surface area contributed by atoms with Crippen molar-refractivity contribution in [2.24, 2.45) is 0 Å². The molecule has 16 heavy (non-hydrogen) atoms. The van der Waals surface area contributed by atoms with Crippen LogP contribution < -0.4 is 9.47 Å². The van der Waals surface area contributed by atoms with Crippen LogP contribution in [0.4, 0.5) is 0 Å². The second kappa shape index (κ2) is 6.79. The molecule has 0 bridgehead atoms. The Kier molecular flexibility index (Phi) is 5.28. The van der Waals surface area contributed by atoms with Crippen molar-refractivity contribution in [3.05, 3.63) is 23.8 Å². The van der Waals surface area contributed by atoms with Crippen molar-refractivity contribution < 1.29 is 9.47 Å². The molecule has 0 saturated carbocycles. The molecule has 0 N–H and O–H groups in total. The molecule has 0 amide bonds. The molecule has 0 aliphatic rings. The summed E-state index contributed by atoms with van der Waals surface area (Å²) in [5.41, 5.74) is 1.19. The van der Waals surface area contributed by atoms with E-state index in [4.69, 9.17) is 15.9 Å². The number of hydrogen-bond donors (Lipinski definition) is 0. The van der Waals surface area contributed by atoms with Crippen molar-refractivity contribution in [3.63, 3.8) is 0 Å². The van der Waals surface area contributed by atoms with Gasteiger partial charge in [0.05, 0.1) is 13.2 Å². The Morgan fingerprint density at radius 3 is 2.44 bits per heavy atom. The summed E-state index contributed by atoms with van der Waals surface area (Å²) in [7, 11) is 0. The molecule has 2 heteroatoms. The lowest BCUT2D eigenvalue weighted by molar-refractivity contribution is 0.287. The highest BCUT2D eigenvalue weighted by atomic mass is 16.5. The molecule has 1 aromatic carbocycles. The highest BCUT2D eigenvalue weighted by Crippen LogP contribution is 2.28. The van der Waals surface area contributed by atoms with Crippen molar-refractivity contribution >= 4 is 0 Å². The van der Waals surface area contributed by atoms with Gasteiger partial charge in [0.2, 0.25) is 0 Å². The highest BCUT2D eigenvalue weighted by Gasteiger charge is 2.05. The summed E-state index contributed by atoms with van der Waals surface area (Å²) in [6.45, 7) is 5.20. The maximum Gasteiger partial charge on any atom is 0.161 e. The number of benzene rings is 1. The number of terminal acetylenes is 1. The second-order valence-corrected chi connectivity index (χ2v) is 3.35. The number of aryl methyl sites for hydroxylation is 1. The van der Waals surface area contributed by atoms with E-state index in [0.717, 1.165) is 24.3 Å². The first-order chi connectivity index (χ1) is 7.81. The third-order valence-corrected chi connectivity index (χ3v) is 2.17. The molecule has 0 spiro atoms. The van der Waals surface area contributed by atoms with E-state index in [1.807, 2.05) is 32.0 Å². The third-order valence-electron chi connectivity index (χ3n) is 2.17. The third kappa shape index (κ3) is 3.51. The van der Waals surface area contributed by atoms with Gasteiger partial charge in [-0.25, -0.2) is 0 Å². The molecule has 1 aromatic rings. The second-order valence-electron chi connectivity index (χ2n) is 3.35. The van der Waals surface area contributed by atoms with Gasteiger partial charge in [-0.15, -0.1) is 12.3 Å². The summed E-state index contributed by atoms with van der Waals surface area (Å²) >= 11 is 0. The van der Waals surface area contributed by atoms with Crippen molar-refractivity contribution in [2.45, 2.75) is 26.7 Å². The largest absolute Gasteiger partial charge is 0.490 e. The van der Waals surface area contributed by atoms with Crippen LogP contribution >= 0.6 is 0 Å². The molecule has 0 saturated heterocycles. The van der Waals surface area contributed by atoms with Crippen LogP contribution in [0, 0.1) is 12.3 Å². The van der Waals surface area contributed by atoms with Crippen LogP contribution in [0.25, 0.3) is 0 Å². The average molecular weight is 218 g/mol. The van der Waals surface area contributed by atoms with Crippen molar-refractivity contribution in [1.82, 2.24) is 0 Å². The molecule has 0 unspecified atom stereocenters. The first kappa shape index (κ1) is 12.4. The molecule has 0 aliphatic carbocycles. The topological polar surface area (TPSA) is 18.5 Å². The summed E-state index contributed by atoms with van der Waals surface area (Å²) in [5.74, 6) is 4.24. The predicted molar refractivity (Wildman–Crippen MR) is 65.9 cm³/mol. The van der Waals surface area contributed by atoms with Crippen molar-refractivity contribution in [1.29, 1.82) is 0 Å². The number of hydrogen-bond acceptors (Lipinski definition) is 2. The zero-order valence-corrected chi connectivity index (χ0v) is 9.95. The van der Waals surface area contributed by atoms with Gasteiger partial charge in [-0.2, -0.15) is 0 Å². The SMILES string of the molecule is C#CCCc1ccc(OCC)c(OCC)c1. The van der Waals surface area contributed by atoms with Gasteiger partial charge in [0.15, 0.2) is 11.5 Å². The van der Waals surface area contributed by atoms with E-state index in [0.29, 0.717) is 13.2 Å². The lowest BCUT2D eigenvalue weighted by Gasteiger charge is -2.11. The zero-order chi connectivity index (χ0) is 11.8. The Bertz CT molecular complexity index is 363. The minimum atomic E-state index is 0.638. The lowest BCUT2D eigenvalue weighted by atomic mass is 10.1. The molecule has 0 radical (unpaired) electrons. The van der Waals surface area contributed by atoms with Crippen LogP contribution in [0.1, 0.15) is 25.8 Å². The fraction of sp³-hybridized carbons (Fsp3) is 0.429. The quantitative estimate of drug-likeness (QED) is 0.683. The fourth-order valence-corrected chi connectivity index (χ4v) is 1.47. The number of rotatable bonds is 6. The normalized spacial score (nSPS) is 9.56. The summed E-state index contributed by atoms with van der Waals surface area (Å²) in [6, 6.07) is 5.98. The van der Waals surface area contributed by atoms with E-state index < -0.39 is 0 Å². The Balaban J connectivity index is 2.84. The van der Waals surface area contributed by atoms with E-state index in [2.05, 4.69) is 5.92 Å². The number of ether oxygens (including phenoxy) is 2. The Hall–Kier alpha value is -1.62. The maximum absolute atomic E-state index is 5.53. The van der Waals surface area contributed by atoms with E-state index in [9.17, 15) is 0 Å². The van der Waals surface area contributed by atoms with Gasteiger partial charge in [0, 0.05) is 6.42 Å². The Labute approximate surface area is 97.6 Å². The monoisotopic (exact) mass is 218 g/mol. The van der Waals surface area contributed by atoms with Gasteiger partial charge < -0.3 is 9.47 Å². The first-order valence-corrected chi connectivity index (χ1v) is 5.63. The van der Waals surface area contributed by atoms with Crippen LogP contribution in [0.3, 0.4) is 0 Å². The zero-order valence-electron chi connectivity index (χ0n) is 9.95. The van der Waals surface area contributed by atoms with Gasteiger partial charge in [0.1, 0.15) is 0 Å². The maximum atomic E-state index is 5.53. The molecule has 0 heterocycles. The molecule has 0 fully saturated rings. The van der Waals surface area contributed by atoms with Gasteiger partial charge in [0.25, 0.3) is 0 Å². The minimum Gasteiger partial charge on any atom is -0.490 e. The van der Waals surface area contributed by atoms with E-state index in [-0.39, 0.29) is 0 Å². The van der Waals surface area contributed by atoms with Crippen LogP contribution in [0.5, 0.6) is 11.5 Å². The molecule has 1 rings (SSSR count). The van der Waals surface area contributed by atoms with Crippen LogP contribution in [0.15, 0.2) is 18.2 Å². The molecule has 2 nitrogen and oxygen atoms in total. The fourth-order valence-electron chi connectivity index (χ4n) is 1.47. The van der Waals surface area contributed by atoms with Gasteiger partial charge in [-0.05, 0) is 38.0 Å². The van der Waals surface area contributed by atoms with Gasteiger partial charge >= 0.3 is 0 Å². The van der Waals surface area contributed by atoms with Gasteiger partial charge in [-0.1, -0.05) is 6.07 Å². The molecular weight excluding hydrogens is 200 g/mol. The standard InChI is InChI=1S/C14H18O2/c1-4-7-8-12-9-10-13(15-5-2)14(11-12)16-6-3/h1,9-11H,5-8H2,2-3H3. The summed E-state index contributed by atoms with van der Waals surface area (Å²) < 4.78 is 11.0. The minimum absolute atomic E-state index is 0.638. The lowest BCUT2D eigenvalue weighted by Crippen LogP contribution is -1.99. The van der Waals surface area contributed by atoms with Crippen LogP contribution in [0.2, 0.25) is 0 Å². The molecule has 86 valence electrons. The average Bonchev–Trinajstić information content (AvgIpc) is 2.30. The molecular formula is C14H18O2. The summed E-state index contributed by atoms with van der Waals surface area (Å²) in [6.07, 6.45) is 6.87. The molecule has 0 aromatic heterocycles. The molecule has 0 atom stereocenters. The van der Waals surface area contributed by atoms with Crippen molar-refractivity contribution in [3.8, 4) is 23.8 Å². The van der Waals surface area contributed by atoms with Crippen molar-refractivity contribution in [2.75, 3.05) is 13.2 Å². The van der Waals surface area contributed by atoms with Crippen LogP contribution in [-0.4, -0.2) is 13.2 Å². The van der Waals surface area contributed by atoms with Gasteiger partial charge in [-0.3, -0.25) is 0 Å². The summed E-state index contributed by atoms with van der Waals surface area (Å²) in [5, 5.41) is 0. The predicted octanol–water partition coefficient (Wildman–Crippen LogP) is 3.05. The molecule has 0 aliphatic heterocycles. The smallest absolute Gasteiger partial charge is 0.161 e. The van der Waals surface area contributed by atoms with E-state index in [1.165, 1.54) is 5.56 Å². The van der Waals surface area contributed by atoms with E-state index in [1.54, 1.807) is 0 Å². The Morgan fingerprint density at radius 1 is 1.12 bits per heavy atom. The van der Waals surface area contributed by atoms with Crippen LogP contribution in [-0.2, 0) is 6.42 Å². The first-order valence-electron chi connectivity index (χ1n) is 5.63. The van der Waals surface area contributed by atoms with E-state index >= 15 is 0 Å². The Morgan fingerprint density at radius 2 is 1.81 bits per heavy atom. The highest BCUT2D eigenvalue weighted by molar-refractivity contribution is 5.43. The summed E-state index contributed by atoms with van der Waals surface area (Å²) in [4.78, 5) is 0.